The number of amides is 1. The summed E-state index contributed by atoms with van der Waals surface area (Å²) in [6.07, 6.45) is 2.95. The molecule has 0 aliphatic carbocycles. The molecule has 2 heterocycles. The fraction of sp³-hybridized carbons (Fsp3) is 0.421. The summed E-state index contributed by atoms with van der Waals surface area (Å²) in [6, 6.07) is 5.84. The summed E-state index contributed by atoms with van der Waals surface area (Å²) in [4.78, 5) is 38.5. The van der Waals surface area contributed by atoms with E-state index in [9.17, 15) is 14.4 Å². The Bertz CT molecular complexity index is 896. The highest BCUT2D eigenvalue weighted by Crippen LogP contribution is 2.23. The van der Waals surface area contributed by atoms with Crippen molar-refractivity contribution in [3.8, 4) is 0 Å². The second-order valence-corrected chi connectivity index (χ2v) is 7.06. The molecule has 0 N–H and O–H groups in total. The molecule has 0 unspecified atom stereocenters. The first-order chi connectivity index (χ1) is 12.4. The molecule has 1 amide bonds. The number of carbonyl (C=O) groups excluding carboxylic acids is 2. The van der Waals surface area contributed by atoms with Crippen LogP contribution in [0.25, 0.3) is 11.0 Å². The lowest BCUT2D eigenvalue weighted by atomic mass is 9.97. The van der Waals surface area contributed by atoms with Crippen LogP contribution in [-0.4, -0.2) is 35.5 Å². The number of halogens is 1. The Balaban J connectivity index is 1.72. The molecule has 1 saturated heterocycles. The van der Waals surface area contributed by atoms with Crippen molar-refractivity contribution < 1.29 is 18.7 Å². The van der Waals surface area contributed by atoms with Crippen LogP contribution >= 0.6 is 11.6 Å². The first-order valence-corrected chi connectivity index (χ1v) is 8.96. The van der Waals surface area contributed by atoms with Gasteiger partial charge in [0.2, 0.25) is 5.76 Å². The normalized spacial score (nSPS) is 20.2. The number of benzene rings is 1. The van der Waals surface area contributed by atoms with Gasteiger partial charge in [-0.1, -0.05) is 11.6 Å². The van der Waals surface area contributed by atoms with E-state index in [4.69, 9.17) is 20.8 Å². The molecular formula is C19H20ClNO5. The standard InChI is InChI=1S/C19H20ClNO5/c1-11-4-3-5-12(2)21(11)18(23)10-25-19(24)17-9-15(22)14-8-13(20)6-7-16(14)26-17/h6-9,11-12H,3-5,10H2,1-2H3/t11-,12-/m1/s1. The molecule has 6 nitrogen and oxygen atoms in total. The maximum Gasteiger partial charge on any atom is 0.374 e. The van der Waals surface area contributed by atoms with E-state index in [1.165, 1.54) is 12.1 Å². The number of piperidine rings is 1. The van der Waals surface area contributed by atoms with E-state index in [-0.39, 0.29) is 41.3 Å². The van der Waals surface area contributed by atoms with Crippen LogP contribution in [0.5, 0.6) is 0 Å². The van der Waals surface area contributed by atoms with Crippen molar-refractivity contribution in [2.75, 3.05) is 6.61 Å². The predicted octanol–water partition coefficient (Wildman–Crippen LogP) is 3.39. The molecule has 0 radical (unpaired) electrons. The number of ether oxygens (including phenoxy) is 1. The fourth-order valence-electron chi connectivity index (χ4n) is 3.41. The van der Waals surface area contributed by atoms with Gasteiger partial charge in [-0.05, 0) is 51.3 Å². The minimum Gasteiger partial charge on any atom is -0.450 e. The Morgan fingerprint density at radius 1 is 1.23 bits per heavy atom. The van der Waals surface area contributed by atoms with Gasteiger partial charge < -0.3 is 14.1 Å². The van der Waals surface area contributed by atoms with Gasteiger partial charge in [0.15, 0.2) is 12.0 Å². The minimum atomic E-state index is -0.843. The number of likely N-dealkylation sites (tertiary alicyclic amines) is 1. The molecule has 0 saturated carbocycles. The van der Waals surface area contributed by atoms with Gasteiger partial charge in [-0.2, -0.15) is 0 Å². The lowest BCUT2D eigenvalue weighted by Gasteiger charge is -2.38. The third-order valence-electron chi connectivity index (χ3n) is 4.70. The summed E-state index contributed by atoms with van der Waals surface area (Å²) in [5.41, 5.74) is -0.163. The smallest absolute Gasteiger partial charge is 0.374 e. The van der Waals surface area contributed by atoms with Crippen LogP contribution in [0.3, 0.4) is 0 Å². The molecule has 0 spiro atoms. The Kier molecular flexibility index (Phi) is 5.32. The van der Waals surface area contributed by atoms with Gasteiger partial charge in [0, 0.05) is 23.2 Å². The molecule has 7 heteroatoms. The van der Waals surface area contributed by atoms with Crippen molar-refractivity contribution in [2.45, 2.75) is 45.2 Å². The van der Waals surface area contributed by atoms with Crippen molar-refractivity contribution in [1.29, 1.82) is 0 Å². The van der Waals surface area contributed by atoms with Crippen molar-refractivity contribution in [3.05, 3.63) is 45.3 Å². The number of rotatable bonds is 3. The average Bonchev–Trinajstić information content (AvgIpc) is 2.60. The van der Waals surface area contributed by atoms with Gasteiger partial charge in [-0.25, -0.2) is 4.79 Å². The fourth-order valence-corrected chi connectivity index (χ4v) is 3.59. The molecule has 1 aromatic heterocycles. The molecule has 3 rings (SSSR count). The van der Waals surface area contributed by atoms with E-state index in [1.54, 1.807) is 11.0 Å². The lowest BCUT2D eigenvalue weighted by molar-refractivity contribution is -0.140. The van der Waals surface area contributed by atoms with E-state index >= 15 is 0 Å². The molecule has 1 aliphatic rings. The van der Waals surface area contributed by atoms with Crippen molar-refractivity contribution in [3.63, 3.8) is 0 Å². The molecule has 26 heavy (non-hydrogen) atoms. The first kappa shape index (κ1) is 18.5. The van der Waals surface area contributed by atoms with E-state index in [0.717, 1.165) is 25.3 Å². The number of fused-ring (bicyclic) bond motifs is 1. The van der Waals surface area contributed by atoms with E-state index in [0.29, 0.717) is 5.02 Å². The zero-order valence-electron chi connectivity index (χ0n) is 14.7. The van der Waals surface area contributed by atoms with Crippen LogP contribution in [0.2, 0.25) is 5.02 Å². The third-order valence-corrected chi connectivity index (χ3v) is 4.93. The molecule has 0 bridgehead atoms. The molecular weight excluding hydrogens is 358 g/mol. The summed E-state index contributed by atoms with van der Waals surface area (Å²) in [5.74, 6) is -1.32. The van der Waals surface area contributed by atoms with Crippen LogP contribution < -0.4 is 5.43 Å². The molecule has 138 valence electrons. The minimum absolute atomic E-state index is 0.119. The van der Waals surface area contributed by atoms with E-state index < -0.39 is 11.4 Å². The van der Waals surface area contributed by atoms with E-state index in [1.807, 2.05) is 13.8 Å². The maximum absolute atomic E-state index is 12.4. The Morgan fingerprint density at radius 3 is 2.62 bits per heavy atom. The van der Waals surface area contributed by atoms with Crippen LogP contribution in [0, 0.1) is 0 Å². The van der Waals surface area contributed by atoms with Gasteiger partial charge in [0.25, 0.3) is 5.91 Å². The van der Waals surface area contributed by atoms with Crippen LogP contribution in [-0.2, 0) is 9.53 Å². The highest BCUT2D eigenvalue weighted by Gasteiger charge is 2.29. The highest BCUT2D eigenvalue weighted by atomic mass is 35.5. The van der Waals surface area contributed by atoms with Crippen molar-refractivity contribution in [2.24, 2.45) is 0 Å². The van der Waals surface area contributed by atoms with Gasteiger partial charge in [-0.3, -0.25) is 9.59 Å². The number of hydrogen-bond donors (Lipinski definition) is 0. The Labute approximate surface area is 155 Å². The monoisotopic (exact) mass is 377 g/mol. The topological polar surface area (TPSA) is 76.8 Å². The summed E-state index contributed by atoms with van der Waals surface area (Å²) < 4.78 is 10.5. The van der Waals surface area contributed by atoms with Gasteiger partial charge >= 0.3 is 5.97 Å². The summed E-state index contributed by atoms with van der Waals surface area (Å²) in [6.45, 7) is 3.60. The quantitative estimate of drug-likeness (QED) is 0.766. The van der Waals surface area contributed by atoms with Crippen LogP contribution in [0.4, 0.5) is 0 Å². The third kappa shape index (κ3) is 3.75. The molecule has 2 aromatic rings. The average molecular weight is 378 g/mol. The number of hydrogen-bond acceptors (Lipinski definition) is 5. The Hall–Kier alpha value is -2.34. The molecule has 1 aliphatic heterocycles. The Morgan fingerprint density at radius 2 is 1.92 bits per heavy atom. The first-order valence-electron chi connectivity index (χ1n) is 8.58. The maximum atomic E-state index is 12.4. The molecule has 2 atom stereocenters. The summed E-state index contributed by atoms with van der Waals surface area (Å²) in [7, 11) is 0. The van der Waals surface area contributed by atoms with Crippen LogP contribution in [0.15, 0.2) is 33.5 Å². The highest BCUT2D eigenvalue weighted by molar-refractivity contribution is 6.31. The second kappa shape index (κ2) is 7.50. The van der Waals surface area contributed by atoms with Crippen molar-refractivity contribution >= 4 is 34.4 Å². The van der Waals surface area contributed by atoms with Crippen molar-refractivity contribution in [1.82, 2.24) is 4.90 Å². The second-order valence-electron chi connectivity index (χ2n) is 6.62. The van der Waals surface area contributed by atoms with Gasteiger partial charge in [0.05, 0.1) is 5.39 Å². The van der Waals surface area contributed by atoms with Gasteiger partial charge in [0.1, 0.15) is 5.58 Å². The summed E-state index contributed by atoms with van der Waals surface area (Å²) in [5, 5.41) is 0.677. The SMILES string of the molecule is C[C@@H]1CCC[C@@H](C)N1C(=O)COC(=O)c1cc(=O)c2cc(Cl)ccc2o1. The summed E-state index contributed by atoms with van der Waals surface area (Å²) >= 11 is 5.86. The van der Waals surface area contributed by atoms with E-state index in [2.05, 4.69) is 0 Å². The predicted molar refractivity (Wildman–Crippen MR) is 97.4 cm³/mol. The molecule has 1 aromatic carbocycles. The van der Waals surface area contributed by atoms with Gasteiger partial charge in [-0.15, -0.1) is 0 Å². The zero-order valence-corrected chi connectivity index (χ0v) is 15.4. The number of carbonyl (C=O) groups is 2. The van der Waals surface area contributed by atoms with Crippen LogP contribution in [0.1, 0.15) is 43.7 Å². The lowest BCUT2D eigenvalue weighted by Crippen LogP contribution is -2.49. The number of nitrogens with zero attached hydrogens (tertiary/aromatic N) is 1. The molecule has 1 fully saturated rings. The largest absolute Gasteiger partial charge is 0.450 e. The number of esters is 1. The zero-order chi connectivity index (χ0) is 18.8.